The molecule has 0 radical (unpaired) electrons. The minimum absolute atomic E-state index is 0.00510. The SMILES string of the molecule is CCNC(=O)[C@@H]1C[C@@H](NC(C)C)CN1C1Cc2ccccc2C1. The molecule has 1 fully saturated rings. The number of benzene rings is 1. The van der Waals surface area contributed by atoms with E-state index in [1.54, 1.807) is 0 Å². The van der Waals surface area contributed by atoms with Gasteiger partial charge < -0.3 is 10.6 Å². The zero-order valence-corrected chi connectivity index (χ0v) is 14.5. The van der Waals surface area contributed by atoms with Crippen molar-refractivity contribution in [1.29, 1.82) is 0 Å². The average Bonchev–Trinajstić information content (AvgIpc) is 3.10. The molecule has 1 heterocycles. The number of hydrogen-bond acceptors (Lipinski definition) is 3. The molecule has 126 valence electrons. The molecule has 1 aromatic rings. The number of fused-ring (bicyclic) bond motifs is 1. The van der Waals surface area contributed by atoms with Crippen LogP contribution < -0.4 is 10.6 Å². The van der Waals surface area contributed by atoms with E-state index in [9.17, 15) is 4.79 Å². The molecule has 1 aromatic carbocycles. The number of nitrogens with zero attached hydrogens (tertiary/aromatic N) is 1. The number of hydrogen-bond donors (Lipinski definition) is 2. The molecule has 2 atom stereocenters. The average molecular weight is 315 g/mol. The van der Waals surface area contributed by atoms with Gasteiger partial charge in [0.05, 0.1) is 6.04 Å². The first-order valence-electron chi connectivity index (χ1n) is 8.94. The number of amides is 1. The highest BCUT2D eigenvalue weighted by molar-refractivity contribution is 5.82. The van der Waals surface area contributed by atoms with Gasteiger partial charge in [-0.25, -0.2) is 0 Å². The maximum absolute atomic E-state index is 12.5. The monoisotopic (exact) mass is 315 g/mol. The molecule has 2 N–H and O–H groups in total. The lowest BCUT2D eigenvalue weighted by atomic mass is 10.1. The predicted octanol–water partition coefficient (Wildman–Crippen LogP) is 1.73. The van der Waals surface area contributed by atoms with Crippen LogP contribution in [0.5, 0.6) is 0 Å². The van der Waals surface area contributed by atoms with Crippen LogP contribution in [0.3, 0.4) is 0 Å². The van der Waals surface area contributed by atoms with Gasteiger partial charge in [-0.05, 0) is 37.3 Å². The van der Waals surface area contributed by atoms with Gasteiger partial charge in [-0.15, -0.1) is 0 Å². The second-order valence-electron chi connectivity index (χ2n) is 7.19. The van der Waals surface area contributed by atoms with Gasteiger partial charge in [0.2, 0.25) is 5.91 Å². The largest absolute Gasteiger partial charge is 0.355 e. The maximum atomic E-state index is 12.5. The van der Waals surface area contributed by atoms with Crippen molar-refractivity contribution in [3.63, 3.8) is 0 Å². The molecular weight excluding hydrogens is 286 g/mol. The number of nitrogens with one attached hydrogen (secondary N) is 2. The summed E-state index contributed by atoms with van der Waals surface area (Å²) in [5, 5.41) is 6.65. The zero-order chi connectivity index (χ0) is 16.4. The molecule has 3 rings (SSSR count). The Labute approximate surface area is 139 Å². The highest BCUT2D eigenvalue weighted by Gasteiger charge is 2.41. The van der Waals surface area contributed by atoms with Gasteiger partial charge in [0.25, 0.3) is 0 Å². The summed E-state index contributed by atoms with van der Waals surface area (Å²) >= 11 is 0. The topological polar surface area (TPSA) is 44.4 Å². The van der Waals surface area contributed by atoms with E-state index in [1.807, 2.05) is 6.92 Å². The summed E-state index contributed by atoms with van der Waals surface area (Å²) < 4.78 is 0. The van der Waals surface area contributed by atoms with E-state index in [1.165, 1.54) is 11.1 Å². The summed E-state index contributed by atoms with van der Waals surface area (Å²) in [6.45, 7) is 8.02. The first-order valence-corrected chi connectivity index (χ1v) is 8.94. The van der Waals surface area contributed by atoms with E-state index < -0.39 is 0 Å². The van der Waals surface area contributed by atoms with Crippen LogP contribution in [-0.4, -0.2) is 48.1 Å². The fourth-order valence-corrected chi connectivity index (χ4v) is 4.18. The summed E-state index contributed by atoms with van der Waals surface area (Å²) in [7, 11) is 0. The van der Waals surface area contributed by atoms with Crippen molar-refractivity contribution in [2.24, 2.45) is 0 Å². The number of carbonyl (C=O) groups excluding carboxylic acids is 1. The van der Waals surface area contributed by atoms with Crippen LogP contribution in [0, 0.1) is 0 Å². The molecular formula is C19H29N3O. The van der Waals surface area contributed by atoms with Crippen molar-refractivity contribution in [3.8, 4) is 0 Å². The fourth-order valence-electron chi connectivity index (χ4n) is 4.18. The molecule has 0 aromatic heterocycles. The number of likely N-dealkylation sites (N-methyl/N-ethyl adjacent to an activating group) is 1. The van der Waals surface area contributed by atoms with Crippen LogP contribution in [-0.2, 0) is 17.6 Å². The van der Waals surface area contributed by atoms with Crippen molar-refractivity contribution < 1.29 is 4.79 Å². The third-order valence-electron chi connectivity index (χ3n) is 5.06. The van der Waals surface area contributed by atoms with Gasteiger partial charge in [-0.2, -0.15) is 0 Å². The molecule has 23 heavy (non-hydrogen) atoms. The molecule has 1 saturated heterocycles. The minimum atomic E-state index is 0.00510. The molecule has 2 aliphatic rings. The van der Waals surface area contributed by atoms with Crippen molar-refractivity contribution in [3.05, 3.63) is 35.4 Å². The summed E-state index contributed by atoms with van der Waals surface area (Å²) in [4.78, 5) is 15.0. The minimum Gasteiger partial charge on any atom is -0.355 e. The summed E-state index contributed by atoms with van der Waals surface area (Å²) in [6.07, 6.45) is 3.05. The van der Waals surface area contributed by atoms with Crippen LogP contribution in [0.15, 0.2) is 24.3 Å². The van der Waals surface area contributed by atoms with Gasteiger partial charge in [0.15, 0.2) is 0 Å². The summed E-state index contributed by atoms with van der Waals surface area (Å²) in [5.41, 5.74) is 2.90. The molecule has 0 bridgehead atoms. The summed E-state index contributed by atoms with van der Waals surface area (Å²) in [6, 6.07) is 10.0. The third kappa shape index (κ3) is 3.59. The van der Waals surface area contributed by atoms with Crippen molar-refractivity contribution in [2.75, 3.05) is 13.1 Å². The highest BCUT2D eigenvalue weighted by atomic mass is 16.2. The van der Waals surface area contributed by atoms with Gasteiger partial charge in [0.1, 0.15) is 0 Å². The van der Waals surface area contributed by atoms with E-state index in [2.05, 4.69) is 53.6 Å². The molecule has 0 unspecified atom stereocenters. The smallest absolute Gasteiger partial charge is 0.237 e. The molecule has 1 aliphatic carbocycles. The normalized spacial score (nSPS) is 25.0. The van der Waals surface area contributed by atoms with Crippen LogP contribution in [0.25, 0.3) is 0 Å². The Kier molecular flexibility index (Phi) is 5.02. The molecule has 1 aliphatic heterocycles. The Morgan fingerprint density at radius 3 is 2.48 bits per heavy atom. The molecule has 1 amide bonds. The third-order valence-corrected chi connectivity index (χ3v) is 5.06. The van der Waals surface area contributed by atoms with Gasteiger partial charge >= 0.3 is 0 Å². The van der Waals surface area contributed by atoms with E-state index in [0.717, 1.165) is 25.8 Å². The lowest BCUT2D eigenvalue weighted by Crippen LogP contribution is -2.48. The van der Waals surface area contributed by atoms with E-state index in [0.29, 0.717) is 24.7 Å². The lowest BCUT2D eigenvalue weighted by molar-refractivity contribution is -0.126. The quantitative estimate of drug-likeness (QED) is 0.870. The van der Waals surface area contributed by atoms with Crippen molar-refractivity contribution in [2.45, 2.75) is 64.2 Å². The number of carbonyl (C=O) groups is 1. The maximum Gasteiger partial charge on any atom is 0.237 e. The Bertz CT molecular complexity index is 532. The molecule has 0 saturated carbocycles. The van der Waals surface area contributed by atoms with Gasteiger partial charge in [-0.3, -0.25) is 9.69 Å². The van der Waals surface area contributed by atoms with Crippen LogP contribution in [0.4, 0.5) is 0 Å². The van der Waals surface area contributed by atoms with Gasteiger partial charge in [-0.1, -0.05) is 38.1 Å². The molecule has 4 heteroatoms. The molecule has 4 nitrogen and oxygen atoms in total. The lowest BCUT2D eigenvalue weighted by Gasteiger charge is -2.29. The van der Waals surface area contributed by atoms with Crippen molar-refractivity contribution in [1.82, 2.24) is 15.5 Å². The van der Waals surface area contributed by atoms with Crippen LogP contribution >= 0.6 is 0 Å². The van der Waals surface area contributed by atoms with Gasteiger partial charge in [0, 0.05) is 31.2 Å². The Morgan fingerprint density at radius 1 is 1.26 bits per heavy atom. The summed E-state index contributed by atoms with van der Waals surface area (Å²) in [5.74, 6) is 0.191. The first kappa shape index (κ1) is 16.5. The standard InChI is InChI=1S/C19H29N3O/c1-4-20-19(23)18-11-16(21-13(2)3)12-22(18)17-9-14-7-5-6-8-15(14)10-17/h5-8,13,16-18,21H,4,9-12H2,1-3H3,(H,20,23)/t16-,18+/m1/s1. The highest BCUT2D eigenvalue weighted by Crippen LogP contribution is 2.30. The van der Waals surface area contributed by atoms with Crippen LogP contribution in [0.1, 0.15) is 38.3 Å². The number of rotatable bonds is 5. The van der Waals surface area contributed by atoms with E-state index >= 15 is 0 Å². The van der Waals surface area contributed by atoms with Crippen molar-refractivity contribution >= 4 is 5.91 Å². The predicted molar refractivity (Wildman–Crippen MR) is 93.5 cm³/mol. The Balaban J connectivity index is 1.74. The Hall–Kier alpha value is -1.39. The molecule has 0 spiro atoms. The van der Waals surface area contributed by atoms with E-state index in [4.69, 9.17) is 0 Å². The Morgan fingerprint density at radius 2 is 1.91 bits per heavy atom. The first-order chi connectivity index (χ1) is 11.1. The second-order valence-corrected chi connectivity index (χ2v) is 7.19. The van der Waals surface area contributed by atoms with E-state index in [-0.39, 0.29) is 11.9 Å². The number of likely N-dealkylation sites (tertiary alicyclic amines) is 1. The zero-order valence-electron chi connectivity index (χ0n) is 14.5. The fraction of sp³-hybridized carbons (Fsp3) is 0.632. The van der Waals surface area contributed by atoms with Crippen LogP contribution in [0.2, 0.25) is 0 Å². The second kappa shape index (κ2) is 7.02.